The maximum absolute atomic E-state index is 12.2. The normalized spacial score (nSPS) is 12.8. The lowest BCUT2D eigenvalue weighted by Crippen LogP contribution is -2.14. The molecule has 2 N–H and O–H groups in total. The minimum absolute atomic E-state index is 0.148. The van der Waals surface area contributed by atoms with Crippen LogP contribution in [0.5, 0.6) is 5.75 Å². The Labute approximate surface area is 204 Å². The molecule has 0 spiro atoms. The summed E-state index contributed by atoms with van der Waals surface area (Å²) in [5.41, 5.74) is 1.28. The van der Waals surface area contributed by atoms with Crippen LogP contribution in [0.4, 0.5) is 0 Å². The van der Waals surface area contributed by atoms with Gasteiger partial charge in [-0.3, -0.25) is 4.55 Å². The molecule has 0 aliphatic carbocycles. The van der Waals surface area contributed by atoms with E-state index in [2.05, 4.69) is 13.8 Å². The van der Waals surface area contributed by atoms with Crippen LogP contribution in [0.15, 0.2) is 18.2 Å². The highest BCUT2D eigenvalue weighted by molar-refractivity contribution is 7.86. The molecule has 0 aliphatic rings. The monoisotopic (exact) mass is 482 g/mol. The van der Waals surface area contributed by atoms with Crippen molar-refractivity contribution in [3.05, 3.63) is 29.3 Å². The highest BCUT2D eigenvalue weighted by Crippen LogP contribution is 2.35. The van der Waals surface area contributed by atoms with Crippen molar-refractivity contribution in [1.29, 1.82) is 0 Å². The summed E-state index contributed by atoms with van der Waals surface area (Å²) in [4.78, 5) is 0. The number of hydrogen-bond donors (Lipinski definition) is 2. The number of phenolic OH excluding ortho intramolecular Hbond substituents is 1. The molecule has 4 nitrogen and oxygen atoms in total. The predicted octanol–water partition coefficient (Wildman–Crippen LogP) is 8.93. The fourth-order valence-corrected chi connectivity index (χ4v) is 5.71. The Bertz CT molecular complexity index is 715. The van der Waals surface area contributed by atoms with Crippen LogP contribution < -0.4 is 0 Å². The van der Waals surface area contributed by atoms with Gasteiger partial charge in [-0.25, -0.2) is 0 Å². The van der Waals surface area contributed by atoms with Crippen LogP contribution in [0.3, 0.4) is 0 Å². The fraction of sp³-hybridized carbons (Fsp3) is 0.786. The van der Waals surface area contributed by atoms with Gasteiger partial charge >= 0.3 is 0 Å². The van der Waals surface area contributed by atoms with Crippen LogP contribution in [-0.2, 0) is 16.5 Å². The lowest BCUT2D eigenvalue weighted by atomic mass is 9.95. The summed E-state index contributed by atoms with van der Waals surface area (Å²) in [5.74, 6) is 0.148. The molecule has 1 aromatic rings. The van der Waals surface area contributed by atoms with E-state index in [-0.39, 0.29) is 5.75 Å². The molecule has 0 aliphatic heterocycles. The molecule has 0 radical (unpaired) electrons. The van der Waals surface area contributed by atoms with Crippen LogP contribution in [-0.4, -0.2) is 18.1 Å². The molecule has 1 rings (SSSR count). The van der Waals surface area contributed by atoms with Gasteiger partial charge in [0.2, 0.25) is 0 Å². The van der Waals surface area contributed by atoms with E-state index in [0.29, 0.717) is 24.0 Å². The standard InChI is InChI=1S/C28H50O4S/c1-3-5-7-9-11-12-13-15-17-19-24-28(33(30,31)32)26-22-20-23-27(29)25(26)21-18-16-14-10-8-6-4-2/h20,22-23,28-29H,3-19,21,24H2,1-2H3,(H,30,31,32). The zero-order chi connectivity index (χ0) is 24.4. The van der Waals surface area contributed by atoms with Gasteiger partial charge in [-0.05, 0) is 36.5 Å². The van der Waals surface area contributed by atoms with Gasteiger partial charge in [-0.15, -0.1) is 0 Å². The Hall–Kier alpha value is -1.07. The highest BCUT2D eigenvalue weighted by Gasteiger charge is 2.27. The molecule has 1 unspecified atom stereocenters. The van der Waals surface area contributed by atoms with Gasteiger partial charge in [0.15, 0.2) is 0 Å². The Morgan fingerprint density at radius 1 is 0.697 bits per heavy atom. The van der Waals surface area contributed by atoms with Crippen molar-refractivity contribution in [2.75, 3.05) is 0 Å². The van der Waals surface area contributed by atoms with Crippen LogP contribution >= 0.6 is 0 Å². The van der Waals surface area contributed by atoms with Gasteiger partial charge < -0.3 is 5.11 Å². The second-order valence-electron chi connectivity index (χ2n) is 9.69. The van der Waals surface area contributed by atoms with Crippen LogP contribution in [0.25, 0.3) is 0 Å². The van der Waals surface area contributed by atoms with E-state index in [1.54, 1.807) is 18.2 Å². The topological polar surface area (TPSA) is 74.6 Å². The van der Waals surface area contributed by atoms with Crippen molar-refractivity contribution in [3.8, 4) is 5.75 Å². The number of rotatable bonds is 21. The number of hydrogen-bond acceptors (Lipinski definition) is 3. The lowest BCUT2D eigenvalue weighted by Gasteiger charge is -2.19. The minimum Gasteiger partial charge on any atom is -0.508 e. The molecule has 0 saturated carbocycles. The molecule has 0 fully saturated rings. The van der Waals surface area contributed by atoms with Gasteiger partial charge in [0.1, 0.15) is 11.0 Å². The lowest BCUT2D eigenvalue weighted by molar-refractivity contribution is 0.452. The van der Waals surface area contributed by atoms with E-state index in [4.69, 9.17) is 0 Å². The average Bonchev–Trinajstić information content (AvgIpc) is 2.77. The highest BCUT2D eigenvalue weighted by atomic mass is 32.2. The Morgan fingerprint density at radius 3 is 1.64 bits per heavy atom. The first kappa shape index (κ1) is 30.0. The number of aromatic hydroxyl groups is 1. The molecular weight excluding hydrogens is 432 g/mol. The first-order valence-electron chi connectivity index (χ1n) is 13.7. The van der Waals surface area contributed by atoms with Gasteiger partial charge in [0, 0.05) is 0 Å². The summed E-state index contributed by atoms with van der Waals surface area (Å²) in [7, 11) is -4.22. The number of unbranched alkanes of at least 4 members (excludes halogenated alkanes) is 15. The quantitative estimate of drug-likeness (QED) is 0.135. The van der Waals surface area contributed by atoms with Gasteiger partial charge in [-0.1, -0.05) is 129 Å². The van der Waals surface area contributed by atoms with Crippen molar-refractivity contribution < 1.29 is 18.1 Å². The van der Waals surface area contributed by atoms with Crippen molar-refractivity contribution in [2.24, 2.45) is 0 Å². The summed E-state index contributed by atoms with van der Waals surface area (Å²) >= 11 is 0. The van der Waals surface area contributed by atoms with E-state index >= 15 is 0 Å². The molecule has 0 amide bonds. The molecule has 1 atom stereocenters. The van der Waals surface area contributed by atoms with Gasteiger partial charge in [0.05, 0.1) is 0 Å². The Kier molecular flexibility index (Phi) is 16.6. The van der Waals surface area contributed by atoms with Crippen molar-refractivity contribution in [2.45, 2.75) is 141 Å². The third kappa shape index (κ3) is 13.4. The summed E-state index contributed by atoms with van der Waals surface area (Å²) < 4.78 is 34.4. The van der Waals surface area contributed by atoms with Crippen molar-refractivity contribution in [1.82, 2.24) is 0 Å². The third-order valence-electron chi connectivity index (χ3n) is 6.74. The van der Waals surface area contributed by atoms with Crippen LogP contribution in [0.1, 0.15) is 146 Å². The minimum atomic E-state index is -4.22. The maximum atomic E-state index is 12.2. The molecule has 0 heterocycles. The zero-order valence-corrected chi connectivity index (χ0v) is 22.2. The SMILES string of the molecule is CCCCCCCCCCCCC(c1cccc(O)c1CCCCCCCCC)S(=O)(=O)O. The second kappa shape index (κ2) is 18.3. The first-order valence-corrected chi connectivity index (χ1v) is 15.2. The van der Waals surface area contributed by atoms with E-state index < -0.39 is 15.4 Å². The van der Waals surface area contributed by atoms with Crippen LogP contribution in [0, 0.1) is 0 Å². The molecule has 1 aromatic carbocycles. The molecular formula is C28H50O4S. The van der Waals surface area contributed by atoms with Gasteiger partial charge in [-0.2, -0.15) is 8.42 Å². The molecule has 33 heavy (non-hydrogen) atoms. The largest absolute Gasteiger partial charge is 0.508 e. The average molecular weight is 483 g/mol. The molecule has 192 valence electrons. The summed E-state index contributed by atoms with van der Waals surface area (Å²) in [6, 6.07) is 5.09. The summed E-state index contributed by atoms with van der Waals surface area (Å²) in [5, 5.41) is 9.50. The number of phenols is 1. The Morgan fingerprint density at radius 2 is 1.15 bits per heavy atom. The zero-order valence-electron chi connectivity index (χ0n) is 21.4. The molecule has 0 bridgehead atoms. The fourth-order valence-electron chi connectivity index (χ4n) is 4.71. The second-order valence-corrected chi connectivity index (χ2v) is 11.3. The van der Waals surface area contributed by atoms with Crippen LogP contribution in [0.2, 0.25) is 0 Å². The summed E-state index contributed by atoms with van der Waals surface area (Å²) in [6.07, 6.45) is 21.1. The van der Waals surface area contributed by atoms with Gasteiger partial charge in [0.25, 0.3) is 10.1 Å². The first-order chi connectivity index (χ1) is 15.9. The van der Waals surface area contributed by atoms with E-state index in [0.717, 1.165) is 32.1 Å². The van der Waals surface area contributed by atoms with Crippen molar-refractivity contribution >= 4 is 10.1 Å². The number of benzene rings is 1. The molecule has 0 aromatic heterocycles. The maximum Gasteiger partial charge on any atom is 0.272 e. The summed E-state index contributed by atoms with van der Waals surface area (Å²) in [6.45, 7) is 4.44. The third-order valence-corrected chi connectivity index (χ3v) is 7.95. The van der Waals surface area contributed by atoms with E-state index in [1.807, 2.05) is 0 Å². The smallest absolute Gasteiger partial charge is 0.272 e. The van der Waals surface area contributed by atoms with Crippen molar-refractivity contribution in [3.63, 3.8) is 0 Å². The Balaban J connectivity index is 2.54. The molecule has 0 saturated heterocycles. The van der Waals surface area contributed by atoms with E-state index in [9.17, 15) is 18.1 Å². The van der Waals surface area contributed by atoms with E-state index in [1.165, 1.54) is 77.0 Å². The predicted molar refractivity (Wildman–Crippen MR) is 141 cm³/mol. The molecule has 5 heteroatoms.